The fourth-order valence-corrected chi connectivity index (χ4v) is 7.79. The van der Waals surface area contributed by atoms with E-state index in [1.54, 1.807) is 60.7 Å². The second-order valence-corrected chi connectivity index (χ2v) is 13.8. The highest BCUT2D eigenvalue weighted by Crippen LogP contribution is 2.43. The maximum Gasteiger partial charge on any atom is 0.198 e. The molecule has 0 saturated heterocycles. The summed E-state index contributed by atoms with van der Waals surface area (Å²) >= 11 is 0. The second kappa shape index (κ2) is 12.6. The van der Waals surface area contributed by atoms with Crippen LogP contribution in [-0.2, 0) is 6.42 Å². The monoisotopic (exact) mass is 712 g/mol. The van der Waals surface area contributed by atoms with Gasteiger partial charge in [0.25, 0.3) is 0 Å². The molecule has 6 heteroatoms. The molecule has 0 aromatic heterocycles. The van der Waals surface area contributed by atoms with Gasteiger partial charge in [-0.05, 0) is 64.7 Å². The molecule has 0 bridgehead atoms. The Balaban J connectivity index is 0.918. The number of fused-ring (bicyclic) bond motifs is 6. The van der Waals surface area contributed by atoms with Gasteiger partial charge >= 0.3 is 0 Å². The van der Waals surface area contributed by atoms with Crippen LogP contribution in [0.2, 0.25) is 0 Å². The van der Waals surface area contributed by atoms with Crippen LogP contribution in [0.3, 0.4) is 0 Å². The summed E-state index contributed by atoms with van der Waals surface area (Å²) in [4.78, 5) is 54.8. The summed E-state index contributed by atoms with van der Waals surface area (Å²) in [5.41, 5.74) is 4.84. The Morgan fingerprint density at radius 1 is 0.345 bits per heavy atom. The molecule has 0 saturated carbocycles. The van der Waals surface area contributed by atoms with E-state index in [1.807, 2.05) is 97.1 Å². The molecule has 0 unspecified atom stereocenters. The summed E-state index contributed by atoms with van der Waals surface area (Å²) in [6, 6.07) is 47.9. The maximum atomic E-state index is 13.8. The number of ether oxygens (including phenoxy) is 2. The van der Waals surface area contributed by atoms with E-state index in [2.05, 4.69) is 0 Å². The number of carbonyl (C=O) groups excluding carboxylic acids is 4. The van der Waals surface area contributed by atoms with E-state index < -0.39 is 0 Å². The van der Waals surface area contributed by atoms with E-state index in [9.17, 15) is 19.2 Å². The lowest BCUT2D eigenvalue weighted by Gasteiger charge is -2.22. The number of benzene rings is 8. The van der Waals surface area contributed by atoms with Crippen LogP contribution in [0.4, 0.5) is 0 Å². The van der Waals surface area contributed by atoms with E-state index >= 15 is 0 Å². The largest absolute Gasteiger partial charge is 0.456 e. The zero-order valence-corrected chi connectivity index (χ0v) is 29.2. The Hall–Kier alpha value is -7.44. The van der Waals surface area contributed by atoms with Gasteiger partial charge < -0.3 is 9.47 Å². The first-order valence-corrected chi connectivity index (χ1v) is 17.9. The minimum Gasteiger partial charge on any atom is -0.456 e. The maximum absolute atomic E-state index is 13.8. The number of carbonyl (C=O) groups is 4. The molecule has 8 aromatic rings. The van der Waals surface area contributed by atoms with Crippen LogP contribution in [0.5, 0.6) is 23.0 Å². The third-order valence-electron chi connectivity index (χ3n) is 10.5. The molecular formula is C49H28O6. The van der Waals surface area contributed by atoms with Gasteiger partial charge in [0.05, 0.1) is 11.1 Å². The van der Waals surface area contributed by atoms with Crippen LogP contribution in [0.1, 0.15) is 74.8 Å². The van der Waals surface area contributed by atoms with Crippen LogP contribution >= 0.6 is 0 Å². The molecule has 0 fully saturated rings. The minimum absolute atomic E-state index is 0.196. The minimum atomic E-state index is -0.235. The number of rotatable bonds is 6. The van der Waals surface area contributed by atoms with Crippen molar-refractivity contribution in [2.75, 3.05) is 0 Å². The Morgan fingerprint density at radius 3 is 1.09 bits per heavy atom. The summed E-state index contributed by atoms with van der Waals surface area (Å²) in [7, 11) is 0. The van der Waals surface area contributed by atoms with Gasteiger partial charge in [-0.1, -0.05) is 121 Å². The van der Waals surface area contributed by atoms with E-state index in [0.29, 0.717) is 62.8 Å². The van der Waals surface area contributed by atoms with E-state index in [4.69, 9.17) is 9.47 Å². The van der Waals surface area contributed by atoms with Gasteiger partial charge in [0.2, 0.25) is 0 Å². The topological polar surface area (TPSA) is 86.7 Å². The highest BCUT2D eigenvalue weighted by atomic mass is 16.5. The quantitative estimate of drug-likeness (QED) is 0.171. The van der Waals surface area contributed by atoms with Crippen LogP contribution < -0.4 is 9.47 Å². The van der Waals surface area contributed by atoms with Gasteiger partial charge in [-0.15, -0.1) is 0 Å². The number of hydrogen-bond donors (Lipinski definition) is 0. The lowest BCUT2D eigenvalue weighted by Crippen LogP contribution is -2.21. The van der Waals surface area contributed by atoms with Crippen LogP contribution in [0, 0.1) is 0 Å². The number of ketones is 4. The summed E-state index contributed by atoms with van der Waals surface area (Å²) in [5, 5.41) is 3.12. The van der Waals surface area contributed by atoms with Crippen molar-refractivity contribution in [3.05, 3.63) is 213 Å². The van der Waals surface area contributed by atoms with Crippen LogP contribution in [-0.4, -0.2) is 23.1 Å². The lowest BCUT2D eigenvalue weighted by atomic mass is 9.82. The zero-order chi connectivity index (χ0) is 37.2. The predicted octanol–water partition coefficient (Wildman–Crippen LogP) is 10.7. The molecule has 0 atom stereocenters. The predicted molar refractivity (Wildman–Crippen MR) is 210 cm³/mol. The standard InChI is InChI=1S/C49H28O6/c50-44-36-13-5-7-15-38(36)46(52)42-40(44)26-30-9-1-3-11-34(30)48(42)54-32-21-17-28(18-22-32)25-29-19-23-33(24-20-29)55-49-35-12-4-2-10-31(35)27-41-43(49)47(53)39-16-8-6-14-37(39)45(41)51/h1-24,26-27H,25H2. The van der Waals surface area contributed by atoms with Gasteiger partial charge in [-0.3, -0.25) is 19.2 Å². The molecule has 2 aliphatic rings. The average molecular weight is 713 g/mol. The van der Waals surface area contributed by atoms with Crippen molar-refractivity contribution in [3.8, 4) is 23.0 Å². The Kier molecular flexibility index (Phi) is 7.39. The molecule has 6 nitrogen and oxygen atoms in total. The van der Waals surface area contributed by atoms with Gasteiger partial charge in [-0.25, -0.2) is 0 Å². The highest BCUT2D eigenvalue weighted by molar-refractivity contribution is 6.32. The third-order valence-corrected chi connectivity index (χ3v) is 10.5. The summed E-state index contributed by atoms with van der Waals surface area (Å²) in [5.74, 6) is 0.954. The summed E-state index contributed by atoms with van der Waals surface area (Å²) in [6.45, 7) is 0. The summed E-state index contributed by atoms with van der Waals surface area (Å²) < 4.78 is 12.9. The van der Waals surface area contributed by atoms with Crippen LogP contribution in [0.15, 0.2) is 158 Å². The molecule has 0 radical (unpaired) electrons. The highest BCUT2D eigenvalue weighted by Gasteiger charge is 2.35. The van der Waals surface area contributed by atoms with E-state index in [1.165, 1.54) is 0 Å². The van der Waals surface area contributed by atoms with Crippen molar-refractivity contribution in [1.29, 1.82) is 0 Å². The zero-order valence-electron chi connectivity index (χ0n) is 29.2. The lowest BCUT2D eigenvalue weighted by molar-refractivity contribution is 0.0977. The van der Waals surface area contributed by atoms with Crippen molar-refractivity contribution in [2.45, 2.75) is 6.42 Å². The Morgan fingerprint density at radius 2 is 0.691 bits per heavy atom. The fourth-order valence-electron chi connectivity index (χ4n) is 7.79. The van der Waals surface area contributed by atoms with E-state index in [0.717, 1.165) is 32.7 Å². The molecule has 10 rings (SSSR count). The van der Waals surface area contributed by atoms with Gasteiger partial charge in [0, 0.05) is 44.2 Å². The fraction of sp³-hybridized carbons (Fsp3) is 0.0204. The molecule has 0 spiro atoms. The van der Waals surface area contributed by atoms with Crippen molar-refractivity contribution in [3.63, 3.8) is 0 Å². The van der Waals surface area contributed by atoms with Gasteiger partial charge in [-0.2, -0.15) is 0 Å². The first-order valence-electron chi connectivity index (χ1n) is 17.9. The molecule has 260 valence electrons. The van der Waals surface area contributed by atoms with Gasteiger partial charge in [0.15, 0.2) is 23.1 Å². The average Bonchev–Trinajstić information content (AvgIpc) is 3.23. The molecular weight excluding hydrogens is 685 g/mol. The molecule has 0 aliphatic heterocycles. The Bertz CT molecular complexity index is 2750. The third kappa shape index (κ3) is 5.26. The van der Waals surface area contributed by atoms with Crippen molar-refractivity contribution >= 4 is 44.7 Å². The van der Waals surface area contributed by atoms with E-state index in [-0.39, 0.29) is 34.3 Å². The van der Waals surface area contributed by atoms with Crippen LogP contribution in [0.25, 0.3) is 21.5 Å². The first kappa shape index (κ1) is 32.2. The number of hydrogen-bond acceptors (Lipinski definition) is 6. The SMILES string of the molecule is O=C1c2ccccc2C(=O)c2c1cc1ccccc1c2Oc1ccc(Cc2ccc(Oc3c4c(cc5ccccc35)C(=O)c3ccccc3C4=O)cc2)cc1. The molecule has 8 aromatic carbocycles. The second-order valence-electron chi connectivity index (χ2n) is 13.8. The normalized spacial score (nSPS) is 12.9. The van der Waals surface area contributed by atoms with Crippen molar-refractivity contribution in [2.24, 2.45) is 0 Å². The molecule has 0 N–H and O–H groups in total. The summed E-state index contributed by atoms with van der Waals surface area (Å²) in [6.07, 6.45) is 0.626. The molecule has 55 heavy (non-hydrogen) atoms. The smallest absolute Gasteiger partial charge is 0.198 e. The van der Waals surface area contributed by atoms with Crippen molar-refractivity contribution < 1.29 is 28.7 Å². The Labute approximate surface area is 315 Å². The molecule has 0 heterocycles. The van der Waals surface area contributed by atoms with Crippen molar-refractivity contribution in [1.82, 2.24) is 0 Å². The molecule has 2 aliphatic carbocycles. The first-order chi connectivity index (χ1) is 26.9. The van der Waals surface area contributed by atoms with Gasteiger partial charge in [0.1, 0.15) is 23.0 Å². The molecule has 0 amide bonds.